The van der Waals surface area contributed by atoms with Crippen LogP contribution in [0.25, 0.3) is 0 Å². The minimum Gasteiger partial charge on any atom is -0.338 e. The zero-order valence-corrected chi connectivity index (χ0v) is 14.7. The van der Waals surface area contributed by atoms with Gasteiger partial charge in [-0.3, -0.25) is 14.5 Å². The predicted molar refractivity (Wildman–Crippen MR) is 87.0 cm³/mol. The standard InChI is InChI=1S/C16H26N6O/c1-11(2)22-9-14(12(3)18-22)8-21-7-6-20(5)15(10-21)16-17-13(4)19-23-16/h9,11,15H,6-8,10H2,1-5H3/t15-/m0/s1. The van der Waals surface area contributed by atoms with Crippen molar-refractivity contribution in [2.45, 2.75) is 46.3 Å². The van der Waals surface area contributed by atoms with Crippen LogP contribution in [0.15, 0.2) is 10.7 Å². The average molecular weight is 318 g/mol. The van der Waals surface area contributed by atoms with Crippen LogP contribution in [-0.2, 0) is 6.54 Å². The zero-order valence-electron chi connectivity index (χ0n) is 14.7. The SMILES string of the molecule is Cc1noc([C@@H]2CN(Cc3cn(C(C)C)nc3C)CCN2C)n1. The van der Waals surface area contributed by atoms with Crippen molar-refractivity contribution in [3.05, 3.63) is 29.2 Å². The molecule has 1 aliphatic rings. The molecule has 1 aliphatic heterocycles. The first-order valence-electron chi connectivity index (χ1n) is 8.21. The van der Waals surface area contributed by atoms with Gasteiger partial charge in [0.25, 0.3) is 0 Å². The molecule has 0 aliphatic carbocycles. The van der Waals surface area contributed by atoms with Gasteiger partial charge in [-0.25, -0.2) is 0 Å². The molecule has 23 heavy (non-hydrogen) atoms. The summed E-state index contributed by atoms with van der Waals surface area (Å²) < 4.78 is 7.43. The van der Waals surface area contributed by atoms with Crippen molar-refractivity contribution in [3.63, 3.8) is 0 Å². The molecule has 0 amide bonds. The summed E-state index contributed by atoms with van der Waals surface area (Å²) >= 11 is 0. The molecule has 0 N–H and O–H groups in total. The Bertz CT molecular complexity index is 661. The van der Waals surface area contributed by atoms with E-state index in [1.54, 1.807) is 0 Å². The first-order chi connectivity index (χ1) is 10.9. The van der Waals surface area contributed by atoms with Gasteiger partial charge >= 0.3 is 0 Å². The topological polar surface area (TPSA) is 63.2 Å². The van der Waals surface area contributed by atoms with Crippen molar-refractivity contribution >= 4 is 0 Å². The lowest BCUT2D eigenvalue weighted by molar-refractivity contribution is 0.0713. The monoisotopic (exact) mass is 318 g/mol. The summed E-state index contributed by atoms with van der Waals surface area (Å²) in [6, 6.07) is 0.550. The van der Waals surface area contributed by atoms with Crippen LogP contribution in [0.2, 0.25) is 0 Å². The first kappa shape index (κ1) is 16.1. The van der Waals surface area contributed by atoms with Gasteiger partial charge < -0.3 is 4.52 Å². The van der Waals surface area contributed by atoms with E-state index < -0.39 is 0 Å². The summed E-state index contributed by atoms with van der Waals surface area (Å²) in [7, 11) is 2.11. The van der Waals surface area contributed by atoms with E-state index in [-0.39, 0.29) is 6.04 Å². The summed E-state index contributed by atoms with van der Waals surface area (Å²) in [6.45, 7) is 12.1. The highest BCUT2D eigenvalue weighted by Gasteiger charge is 2.30. The van der Waals surface area contributed by atoms with E-state index in [1.165, 1.54) is 5.56 Å². The molecule has 0 aromatic carbocycles. The Kier molecular flexibility index (Phi) is 4.50. The number of piperazine rings is 1. The molecule has 7 heteroatoms. The molecule has 0 unspecified atom stereocenters. The van der Waals surface area contributed by atoms with E-state index in [1.807, 2.05) is 11.6 Å². The molecule has 126 valence electrons. The Morgan fingerprint density at radius 3 is 2.70 bits per heavy atom. The van der Waals surface area contributed by atoms with E-state index in [9.17, 15) is 0 Å². The van der Waals surface area contributed by atoms with Crippen molar-refractivity contribution in [1.29, 1.82) is 0 Å². The Morgan fingerprint density at radius 2 is 2.09 bits per heavy atom. The molecule has 7 nitrogen and oxygen atoms in total. The molecule has 2 aromatic heterocycles. The number of nitrogens with zero attached hydrogens (tertiary/aromatic N) is 6. The van der Waals surface area contributed by atoms with Gasteiger partial charge in [-0.1, -0.05) is 5.16 Å². The Hall–Kier alpha value is -1.73. The van der Waals surface area contributed by atoms with E-state index >= 15 is 0 Å². The quantitative estimate of drug-likeness (QED) is 0.858. The second kappa shape index (κ2) is 6.41. The van der Waals surface area contributed by atoms with Gasteiger partial charge in [-0.05, 0) is 34.7 Å². The number of aromatic nitrogens is 4. The summed E-state index contributed by atoms with van der Waals surface area (Å²) in [5, 5.41) is 8.54. The summed E-state index contributed by atoms with van der Waals surface area (Å²) in [5.74, 6) is 1.41. The second-order valence-electron chi connectivity index (χ2n) is 6.72. The van der Waals surface area contributed by atoms with Crippen LogP contribution in [0, 0.1) is 13.8 Å². The maximum absolute atomic E-state index is 5.39. The number of likely N-dealkylation sites (N-methyl/N-ethyl adjacent to an activating group) is 1. The van der Waals surface area contributed by atoms with Crippen LogP contribution in [0.1, 0.15) is 48.9 Å². The van der Waals surface area contributed by atoms with Gasteiger partial charge in [0.2, 0.25) is 5.89 Å². The van der Waals surface area contributed by atoms with Gasteiger partial charge in [-0.2, -0.15) is 10.1 Å². The molecule has 0 spiro atoms. The van der Waals surface area contributed by atoms with Gasteiger partial charge in [-0.15, -0.1) is 0 Å². The lowest BCUT2D eigenvalue weighted by Crippen LogP contribution is -2.46. The van der Waals surface area contributed by atoms with E-state index in [2.05, 4.69) is 59.1 Å². The van der Waals surface area contributed by atoms with Crippen LogP contribution >= 0.6 is 0 Å². The van der Waals surface area contributed by atoms with Crippen molar-refractivity contribution in [1.82, 2.24) is 29.7 Å². The molecule has 0 saturated carbocycles. The molecular formula is C16H26N6O. The smallest absolute Gasteiger partial charge is 0.245 e. The Balaban J connectivity index is 1.71. The van der Waals surface area contributed by atoms with Gasteiger partial charge in [0, 0.05) is 44.0 Å². The highest BCUT2D eigenvalue weighted by Crippen LogP contribution is 2.24. The molecule has 1 fully saturated rings. The predicted octanol–water partition coefficient (Wildman–Crippen LogP) is 1.95. The molecule has 3 heterocycles. The van der Waals surface area contributed by atoms with Crippen molar-refractivity contribution < 1.29 is 4.52 Å². The van der Waals surface area contributed by atoms with E-state index in [0.717, 1.165) is 31.9 Å². The average Bonchev–Trinajstić information content (AvgIpc) is 3.08. The number of aryl methyl sites for hydroxylation is 2. The summed E-state index contributed by atoms with van der Waals surface area (Å²) in [6.07, 6.45) is 2.17. The highest BCUT2D eigenvalue weighted by atomic mass is 16.5. The fourth-order valence-electron chi connectivity index (χ4n) is 2.97. The van der Waals surface area contributed by atoms with Crippen LogP contribution in [0.4, 0.5) is 0 Å². The van der Waals surface area contributed by atoms with Crippen molar-refractivity contribution in [2.24, 2.45) is 0 Å². The Morgan fingerprint density at radius 1 is 1.30 bits per heavy atom. The van der Waals surface area contributed by atoms with Crippen LogP contribution in [-0.4, -0.2) is 56.4 Å². The van der Waals surface area contributed by atoms with Crippen LogP contribution in [0.3, 0.4) is 0 Å². The number of hydrogen-bond acceptors (Lipinski definition) is 6. The molecular weight excluding hydrogens is 292 g/mol. The van der Waals surface area contributed by atoms with Gasteiger partial charge in [0.1, 0.15) is 6.04 Å². The minimum atomic E-state index is 0.158. The lowest BCUT2D eigenvalue weighted by Gasteiger charge is -2.37. The fraction of sp³-hybridized carbons (Fsp3) is 0.688. The van der Waals surface area contributed by atoms with E-state index in [4.69, 9.17) is 4.52 Å². The molecule has 0 radical (unpaired) electrons. The number of rotatable bonds is 4. The largest absolute Gasteiger partial charge is 0.338 e. The zero-order chi connectivity index (χ0) is 16.6. The third-order valence-electron chi connectivity index (χ3n) is 4.50. The maximum atomic E-state index is 5.39. The lowest BCUT2D eigenvalue weighted by atomic mass is 10.1. The normalized spacial score (nSPS) is 20.5. The Labute approximate surface area is 137 Å². The summed E-state index contributed by atoms with van der Waals surface area (Å²) in [4.78, 5) is 9.14. The van der Waals surface area contributed by atoms with E-state index in [0.29, 0.717) is 17.8 Å². The van der Waals surface area contributed by atoms with Crippen molar-refractivity contribution in [2.75, 3.05) is 26.7 Å². The third-order valence-corrected chi connectivity index (χ3v) is 4.50. The van der Waals surface area contributed by atoms with Gasteiger partial charge in [0.05, 0.1) is 5.69 Å². The molecule has 1 atom stereocenters. The van der Waals surface area contributed by atoms with Gasteiger partial charge in [0.15, 0.2) is 5.82 Å². The molecule has 0 bridgehead atoms. The second-order valence-corrected chi connectivity index (χ2v) is 6.72. The first-order valence-corrected chi connectivity index (χ1v) is 8.21. The molecule has 1 saturated heterocycles. The third kappa shape index (κ3) is 3.45. The minimum absolute atomic E-state index is 0.158. The molecule has 2 aromatic rings. The fourth-order valence-corrected chi connectivity index (χ4v) is 2.97. The van der Waals surface area contributed by atoms with Crippen LogP contribution < -0.4 is 0 Å². The summed E-state index contributed by atoms with van der Waals surface area (Å²) in [5.41, 5.74) is 2.41. The maximum Gasteiger partial charge on any atom is 0.245 e. The highest BCUT2D eigenvalue weighted by molar-refractivity contribution is 5.16. The van der Waals surface area contributed by atoms with Crippen molar-refractivity contribution in [3.8, 4) is 0 Å². The number of hydrogen-bond donors (Lipinski definition) is 0. The van der Waals surface area contributed by atoms with Crippen LogP contribution in [0.5, 0.6) is 0 Å². The molecule has 3 rings (SSSR count).